The fourth-order valence-corrected chi connectivity index (χ4v) is 2.34. The van der Waals surface area contributed by atoms with Crippen LogP contribution < -0.4 is 5.32 Å². The van der Waals surface area contributed by atoms with E-state index in [4.69, 9.17) is 0 Å². The number of aromatic amines is 1. The molecule has 0 atom stereocenters. The Bertz CT molecular complexity index is 695. The van der Waals surface area contributed by atoms with Crippen molar-refractivity contribution in [1.82, 2.24) is 4.98 Å². The maximum Gasteiger partial charge on any atom is 0.146 e. The van der Waals surface area contributed by atoms with Crippen molar-refractivity contribution >= 4 is 16.6 Å². The predicted molar refractivity (Wildman–Crippen MR) is 76.8 cm³/mol. The number of benzene rings is 2. The van der Waals surface area contributed by atoms with Crippen molar-refractivity contribution in [2.45, 2.75) is 13.5 Å². The van der Waals surface area contributed by atoms with Crippen molar-refractivity contribution in [3.8, 4) is 0 Å². The minimum absolute atomic E-state index is 0.210. The molecule has 0 saturated heterocycles. The van der Waals surface area contributed by atoms with Crippen LogP contribution in [0.4, 0.5) is 10.1 Å². The summed E-state index contributed by atoms with van der Waals surface area (Å²) < 4.78 is 13.7. The summed E-state index contributed by atoms with van der Waals surface area (Å²) in [6.07, 6.45) is 1.92. The average Bonchev–Trinajstić information content (AvgIpc) is 2.87. The van der Waals surface area contributed by atoms with Gasteiger partial charge >= 0.3 is 0 Å². The van der Waals surface area contributed by atoms with Gasteiger partial charge in [-0.15, -0.1) is 0 Å². The van der Waals surface area contributed by atoms with E-state index in [1.54, 1.807) is 6.07 Å². The van der Waals surface area contributed by atoms with Crippen LogP contribution in [0.5, 0.6) is 0 Å². The third-order valence-corrected chi connectivity index (χ3v) is 3.35. The van der Waals surface area contributed by atoms with Crippen molar-refractivity contribution in [3.63, 3.8) is 0 Å². The smallest absolute Gasteiger partial charge is 0.146 e. The minimum atomic E-state index is -0.210. The van der Waals surface area contributed by atoms with Crippen LogP contribution in [0.2, 0.25) is 0 Å². The monoisotopic (exact) mass is 254 g/mol. The van der Waals surface area contributed by atoms with E-state index >= 15 is 0 Å². The first kappa shape index (κ1) is 11.8. The van der Waals surface area contributed by atoms with E-state index in [9.17, 15) is 4.39 Å². The highest BCUT2D eigenvalue weighted by Gasteiger charge is 2.06. The molecule has 0 radical (unpaired) electrons. The number of hydrogen-bond acceptors (Lipinski definition) is 1. The van der Waals surface area contributed by atoms with Gasteiger partial charge in [-0.3, -0.25) is 0 Å². The SMILES string of the molecule is Cc1cccc(F)c1NCc1cccc2cc[nH]c12. The van der Waals surface area contributed by atoms with Crippen LogP contribution in [0, 0.1) is 12.7 Å². The summed E-state index contributed by atoms with van der Waals surface area (Å²) in [5.74, 6) is -0.210. The Morgan fingerprint density at radius 1 is 1.11 bits per heavy atom. The van der Waals surface area contributed by atoms with Crippen LogP contribution in [0.15, 0.2) is 48.7 Å². The second kappa shape index (κ2) is 4.76. The first-order chi connectivity index (χ1) is 9.25. The van der Waals surface area contributed by atoms with Gasteiger partial charge in [0.1, 0.15) is 5.82 Å². The van der Waals surface area contributed by atoms with Crippen molar-refractivity contribution < 1.29 is 4.39 Å². The number of nitrogens with one attached hydrogen (secondary N) is 2. The topological polar surface area (TPSA) is 27.8 Å². The standard InChI is InChI=1S/C16H15FN2/c1-11-4-2-7-14(17)15(11)19-10-13-6-3-5-12-8-9-18-16(12)13/h2-9,18-19H,10H2,1H3. The van der Waals surface area contributed by atoms with Crippen molar-refractivity contribution in [2.75, 3.05) is 5.32 Å². The molecule has 3 rings (SSSR count). The van der Waals surface area contributed by atoms with Crippen LogP contribution in [0.25, 0.3) is 10.9 Å². The molecular formula is C16H15FN2. The van der Waals surface area contributed by atoms with Gasteiger partial charge in [-0.1, -0.05) is 30.3 Å². The van der Waals surface area contributed by atoms with Gasteiger partial charge in [-0.25, -0.2) is 4.39 Å². The van der Waals surface area contributed by atoms with Crippen LogP contribution in [0.3, 0.4) is 0 Å². The molecule has 2 N–H and O–H groups in total. The largest absolute Gasteiger partial charge is 0.378 e. The van der Waals surface area contributed by atoms with Crippen LogP contribution in [-0.2, 0) is 6.54 Å². The average molecular weight is 254 g/mol. The molecule has 3 heteroatoms. The molecule has 0 aliphatic heterocycles. The highest BCUT2D eigenvalue weighted by Crippen LogP contribution is 2.22. The second-order valence-corrected chi connectivity index (χ2v) is 4.64. The number of H-pyrrole nitrogens is 1. The zero-order valence-electron chi connectivity index (χ0n) is 10.7. The van der Waals surface area contributed by atoms with Crippen LogP contribution >= 0.6 is 0 Å². The second-order valence-electron chi connectivity index (χ2n) is 4.64. The Balaban J connectivity index is 1.88. The van der Waals surface area contributed by atoms with E-state index in [2.05, 4.69) is 16.4 Å². The molecule has 96 valence electrons. The van der Waals surface area contributed by atoms with Crippen molar-refractivity contribution in [3.05, 3.63) is 65.6 Å². The first-order valence-electron chi connectivity index (χ1n) is 6.29. The summed E-state index contributed by atoms with van der Waals surface area (Å²) in [4.78, 5) is 3.22. The van der Waals surface area contributed by atoms with Gasteiger partial charge in [-0.2, -0.15) is 0 Å². The highest BCUT2D eigenvalue weighted by atomic mass is 19.1. The third-order valence-electron chi connectivity index (χ3n) is 3.35. The summed E-state index contributed by atoms with van der Waals surface area (Å²) in [5, 5.41) is 4.36. The molecule has 1 heterocycles. The van der Waals surface area contributed by atoms with Crippen LogP contribution in [-0.4, -0.2) is 4.98 Å². The molecule has 0 spiro atoms. The van der Waals surface area contributed by atoms with E-state index in [0.29, 0.717) is 12.2 Å². The number of fused-ring (bicyclic) bond motifs is 1. The number of para-hydroxylation sites is 2. The lowest BCUT2D eigenvalue weighted by atomic mass is 10.1. The Morgan fingerprint density at radius 3 is 2.79 bits per heavy atom. The fraction of sp³-hybridized carbons (Fsp3) is 0.125. The first-order valence-corrected chi connectivity index (χ1v) is 6.29. The molecule has 0 amide bonds. The molecular weight excluding hydrogens is 239 g/mol. The molecule has 0 aliphatic carbocycles. The van der Waals surface area contributed by atoms with Gasteiger partial charge in [0.05, 0.1) is 11.2 Å². The maximum absolute atomic E-state index is 13.7. The minimum Gasteiger partial charge on any atom is -0.378 e. The number of aromatic nitrogens is 1. The number of hydrogen-bond donors (Lipinski definition) is 2. The number of halogens is 1. The quantitative estimate of drug-likeness (QED) is 0.719. The molecule has 0 bridgehead atoms. The van der Waals surface area contributed by atoms with E-state index in [-0.39, 0.29) is 5.82 Å². The summed E-state index contributed by atoms with van der Waals surface area (Å²) in [6, 6.07) is 13.3. The third kappa shape index (κ3) is 2.19. The van der Waals surface area contributed by atoms with E-state index in [0.717, 1.165) is 16.6 Å². The van der Waals surface area contributed by atoms with E-state index in [1.807, 2.05) is 37.4 Å². The highest BCUT2D eigenvalue weighted by molar-refractivity contribution is 5.82. The molecule has 1 aromatic heterocycles. The molecule has 2 aromatic carbocycles. The maximum atomic E-state index is 13.7. The number of anilines is 1. The van der Waals surface area contributed by atoms with E-state index < -0.39 is 0 Å². The fourth-order valence-electron chi connectivity index (χ4n) is 2.34. The van der Waals surface area contributed by atoms with Gasteiger partial charge in [0.25, 0.3) is 0 Å². The van der Waals surface area contributed by atoms with Gasteiger partial charge < -0.3 is 10.3 Å². The predicted octanol–water partition coefficient (Wildman–Crippen LogP) is 4.23. The Labute approximate surface area is 111 Å². The Morgan fingerprint density at radius 2 is 1.95 bits per heavy atom. The molecule has 19 heavy (non-hydrogen) atoms. The number of rotatable bonds is 3. The summed E-state index contributed by atoms with van der Waals surface area (Å²) >= 11 is 0. The summed E-state index contributed by atoms with van der Waals surface area (Å²) in [6.45, 7) is 2.50. The van der Waals surface area contributed by atoms with Gasteiger partial charge in [0.15, 0.2) is 0 Å². The molecule has 3 aromatic rings. The van der Waals surface area contributed by atoms with Crippen molar-refractivity contribution in [2.24, 2.45) is 0 Å². The molecule has 0 aliphatic rings. The van der Waals surface area contributed by atoms with Crippen LogP contribution in [0.1, 0.15) is 11.1 Å². The molecule has 2 nitrogen and oxygen atoms in total. The van der Waals surface area contributed by atoms with Gasteiger partial charge in [0.2, 0.25) is 0 Å². The summed E-state index contributed by atoms with van der Waals surface area (Å²) in [7, 11) is 0. The molecule has 0 fully saturated rings. The lowest BCUT2D eigenvalue weighted by Crippen LogP contribution is -2.03. The lowest BCUT2D eigenvalue weighted by Gasteiger charge is -2.11. The normalized spacial score (nSPS) is 10.8. The van der Waals surface area contributed by atoms with E-state index in [1.165, 1.54) is 11.5 Å². The summed E-state index contributed by atoms with van der Waals surface area (Å²) in [5.41, 5.74) is 3.72. The van der Waals surface area contributed by atoms with Gasteiger partial charge in [-0.05, 0) is 35.6 Å². The Kier molecular flexibility index (Phi) is 2.95. The lowest BCUT2D eigenvalue weighted by molar-refractivity contribution is 0.629. The molecule has 0 unspecified atom stereocenters. The Hall–Kier alpha value is -2.29. The van der Waals surface area contributed by atoms with Crippen molar-refractivity contribution in [1.29, 1.82) is 0 Å². The molecule has 0 saturated carbocycles. The van der Waals surface area contributed by atoms with Gasteiger partial charge in [0, 0.05) is 12.7 Å². The number of aryl methyl sites for hydroxylation is 1. The zero-order valence-corrected chi connectivity index (χ0v) is 10.7. The zero-order chi connectivity index (χ0) is 13.2.